The SMILES string of the molecule is Cl.Cl.O=C(CCc1ccncc1)NCC1CNCC1O. The number of hydrogen-bond acceptors (Lipinski definition) is 4. The van der Waals surface area contributed by atoms with Gasteiger partial charge in [0.25, 0.3) is 0 Å². The molecule has 2 atom stereocenters. The van der Waals surface area contributed by atoms with Crippen molar-refractivity contribution in [3.8, 4) is 0 Å². The number of hydrogen-bond donors (Lipinski definition) is 3. The lowest BCUT2D eigenvalue weighted by Crippen LogP contribution is -2.34. The van der Waals surface area contributed by atoms with Crippen LogP contribution in [0.25, 0.3) is 0 Å². The molecule has 0 spiro atoms. The van der Waals surface area contributed by atoms with E-state index in [-0.39, 0.29) is 42.7 Å². The van der Waals surface area contributed by atoms with Crippen molar-refractivity contribution in [3.05, 3.63) is 30.1 Å². The molecule has 20 heavy (non-hydrogen) atoms. The minimum Gasteiger partial charge on any atom is -0.391 e. The lowest BCUT2D eigenvalue weighted by atomic mass is 10.1. The summed E-state index contributed by atoms with van der Waals surface area (Å²) in [6.45, 7) is 1.94. The molecular formula is C13H21Cl2N3O2. The van der Waals surface area contributed by atoms with Gasteiger partial charge in [0, 0.05) is 44.4 Å². The highest BCUT2D eigenvalue weighted by Crippen LogP contribution is 2.07. The summed E-state index contributed by atoms with van der Waals surface area (Å²) >= 11 is 0. The Labute approximate surface area is 131 Å². The molecule has 2 unspecified atom stereocenters. The lowest BCUT2D eigenvalue weighted by molar-refractivity contribution is -0.121. The zero-order valence-corrected chi connectivity index (χ0v) is 12.8. The molecule has 0 aliphatic carbocycles. The molecule has 1 fully saturated rings. The molecule has 5 nitrogen and oxygen atoms in total. The number of nitrogens with zero attached hydrogens (tertiary/aromatic N) is 1. The van der Waals surface area contributed by atoms with E-state index >= 15 is 0 Å². The number of aromatic nitrogens is 1. The Bertz CT molecular complexity index is 392. The highest BCUT2D eigenvalue weighted by Gasteiger charge is 2.24. The number of nitrogens with one attached hydrogen (secondary N) is 2. The Kier molecular flexibility index (Phi) is 9.50. The second-order valence-corrected chi connectivity index (χ2v) is 4.65. The third kappa shape index (κ3) is 6.05. The van der Waals surface area contributed by atoms with Crippen molar-refractivity contribution < 1.29 is 9.90 Å². The first-order chi connectivity index (χ1) is 8.75. The van der Waals surface area contributed by atoms with Crippen LogP contribution in [-0.2, 0) is 11.2 Å². The molecule has 1 aromatic heterocycles. The van der Waals surface area contributed by atoms with Crippen molar-refractivity contribution in [1.29, 1.82) is 0 Å². The summed E-state index contributed by atoms with van der Waals surface area (Å²) in [7, 11) is 0. The highest BCUT2D eigenvalue weighted by atomic mass is 35.5. The van der Waals surface area contributed by atoms with E-state index in [1.165, 1.54) is 0 Å². The fourth-order valence-corrected chi connectivity index (χ4v) is 2.07. The van der Waals surface area contributed by atoms with Crippen LogP contribution in [0.1, 0.15) is 12.0 Å². The Hall–Kier alpha value is -0.880. The van der Waals surface area contributed by atoms with E-state index in [1.807, 2.05) is 12.1 Å². The average molecular weight is 322 g/mol. The Morgan fingerprint density at radius 3 is 2.65 bits per heavy atom. The van der Waals surface area contributed by atoms with Gasteiger partial charge in [0.2, 0.25) is 5.91 Å². The molecule has 0 saturated carbocycles. The summed E-state index contributed by atoms with van der Waals surface area (Å²) in [5, 5.41) is 15.6. The van der Waals surface area contributed by atoms with E-state index in [4.69, 9.17) is 0 Å². The highest BCUT2D eigenvalue weighted by molar-refractivity contribution is 5.85. The van der Waals surface area contributed by atoms with Crippen molar-refractivity contribution in [2.75, 3.05) is 19.6 Å². The maximum absolute atomic E-state index is 11.7. The van der Waals surface area contributed by atoms with Crippen molar-refractivity contribution in [2.24, 2.45) is 5.92 Å². The average Bonchev–Trinajstić information content (AvgIpc) is 2.81. The van der Waals surface area contributed by atoms with Gasteiger partial charge in [-0.2, -0.15) is 0 Å². The molecule has 7 heteroatoms. The maximum atomic E-state index is 11.7. The summed E-state index contributed by atoms with van der Waals surface area (Å²) in [5.41, 5.74) is 1.11. The van der Waals surface area contributed by atoms with Crippen LogP contribution in [0, 0.1) is 5.92 Å². The quantitative estimate of drug-likeness (QED) is 0.740. The molecule has 1 aliphatic rings. The van der Waals surface area contributed by atoms with Crippen molar-refractivity contribution in [3.63, 3.8) is 0 Å². The molecular weight excluding hydrogens is 301 g/mol. The summed E-state index contributed by atoms with van der Waals surface area (Å²) in [5.74, 6) is 0.167. The molecule has 0 radical (unpaired) electrons. The first-order valence-corrected chi connectivity index (χ1v) is 6.30. The topological polar surface area (TPSA) is 74.2 Å². The largest absolute Gasteiger partial charge is 0.391 e. The van der Waals surface area contributed by atoms with Crippen molar-refractivity contribution in [1.82, 2.24) is 15.6 Å². The number of aliphatic hydroxyl groups is 1. The molecule has 3 N–H and O–H groups in total. The molecule has 2 rings (SSSR count). The summed E-state index contributed by atoms with van der Waals surface area (Å²) in [4.78, 5) is 15.6. The number of amides is 1. The third-order valence-corrected chi connectivity index (χ3v) is 3.26. The van der Waals surface area contributed by atoms with E-state index < -0.39 is 0 Å². The van der Waals surface area contributed by atoms with Crippen molar-refractivity contribution >= 4 is 30.7 Å². The van der Waals surface area contributed by atoms with E-state index in [1.54, 1.807) is 12.4 Å². The van der Waals surface area contributed by atoms with Gasteiger partial charge in [-0.3, -0.25) is 9.78 Å². The normalized spacial score (nSPS) is 20.6. The number of β-amino-alcohol motifs (C(OH)–C–C–N with tert-alkyl or cyclic N) is 1. The first-order valence-electron chi connectivity index (χ1n) is 6.30. The summed E-state index contributed by atoms with van der Waals surface area (Å²) < 4.78 is 0. The number of halogens is 2. The van der Waals surface area contributed by atoms with Crippen LogP contribution in [0.4, 0.5) is 0 Å². The van der Waals surface area contributed by atoms with Gasteiger partial charge in [-0.15, -0.1) is 24.8 Å². The number of aliphatic hydroxyl groups excluding tert-OH is 1. The van der Waals surface area contributed by atoms with Gasteiger partial charge in [0.1, 0.15) is 0 Å². The van der Waals surface area contributed by atoms with Crippen LogP contribution >= 0.6 is 24.8 Å². The van der Waals surface area contributed by atoms with E-state index in [9.17, 15) is 9.90 Å². The van der Waals surface area contributed by atoms with Gasteiger partial charge < -0.3 is 15.7 Å². The molecule has 0 aromatic carbocycles. The number of rotatable bonds is 5. The number of aryl methyl sites for hydroxylation is 1. The van der Waals surface area contributed by atoms with Crippen LogP contribution < -0.4 is 10.6 Å². The predicted octanol–water partition coefficient (Wildman–Crippen LogP) is 0.554. The van der Waals surface area contributed by atoms with Crippen LogP contribution in [0.2, 0.25) is 0 Å². The number of pyridine rings is 1. The standard InChI is InChI=1S/C13H19N3O2.2ClH/c17-12-9-15-7-11(12)8-16-13(18)2-1-10-3-5-14-6-4-10;;/h3-6,11-12,15,17H,1-2,7-9H2,(H,16,18);2*1H. The Balaban J connectivity index is 0.00000180. The summed E-state index contributed by atoms with van der Waals surface area (Å²) in [6.07, 6.45) is 4.31. The second kappa shape index (κ2) is 9.94. The van der Waals surface area contributed by atoms with E-state index in [0.717, 1.165) is 18.5 Å². The second-order valence-electron chi connectivity index (χ2n) is 4.65. The number of carbonyl (C=O) groups excluding carboxylic acids is 1. The van der Waals surface area contributed by atoms with Gasteiger partial charge in [0.05, 0.1) is 6.10 Å². The third-order valence-electron chi connectivity index (χ3n) is 3.26. The minimum atomic E-state index is -0.342. The van der Waals surface area contributed by atoms with Gasteiger partial charge >= 0.3 is 0 Å². The zero-order chi connectivity index (χ0) is 12.8. The zero-order valence-electron chi connectivity index (χ0n) is 11.1. The molecule has 1 aromatic rings. The Morgan fingerprint density at radius 1 is 1.35 bits per heavy atom. The predicted molar refractivity (Wildman–Crippen MR) is 82.4 cm³/mol. The molecule has 1 amide bonds. The molecule has 1 aliphatic heterocycles. The van der Waals surface area contributed by atoms with Crippen LogP contribution in [0.15, 0.2) is 24.5 Å². The summed E-state index contributed by atoms with van der Waals surface area (Å²) in [6, 6.07) is 3.83. The first kappa shape index (κ1) is 19.1. The van der Waals surface area contributed by atoms with Crippen LogP contribution in [0.3, 0.4) is 0 Å². The van der Waals surface area contributed by atoms with Gasteiger partial charge in [-0.05, 0) is 24.1 Å². The van der Waals surface area contributed by atoms with Crippen LogP contribution in [-0.4, -0.2) is 41.7 Å². The van der Waals surface area contributed by atoms with Gasteiger partial charge in [-0.25, -0.2) is 0 Å². The monoisotopic (exact) mass is 321 g/mol. The molecule has 2 heterocycles. The van der Waals surface area contributed by atoms with Gasteiger partial charge in [0.15, 0.2) is 0 Å². The van der Waals surface area contributed by atoms with E-state index in [0.29, 0.717) is 19.5 Å². The smallest absolute Gasteiger partial charge is 0.220 e. The fraction of sp³-hybridized carbons (Fsp3) is 0.538. The minimum absolute atomic E-state index is 0. The molecule has 1 saturated heterocycles. The maximum Gasteiger partial charge on any atom is 0.220 e. The molecule has 0 bridgehead atoms. The van der Waals surface area contributed by atoms with E-state index in [2.05, 4.69) is 15.6 Å². The van der Waals surface area contributed by atoms with Crippen molar-refractivity contribution in [2.45, 2.75) is 18.9 Å². The van der Waals surface area contributed by atoms with Crippen LogP contribution in [0.5, 0.6) is 0 Å². The number of carbonyl (C=O) groups is 1. The molecule has 114 valence electrons. The lowest BCUT2D eigenvalue weighted by Gasteiger charge is -2.14. The van der Waals surface area contributed by atoms with Gasteiger partial charge in [-0.1, -0.05) is 0 Å². The Morgan fingerprint density at radius 2 is 2.05 bits per heavy atom. The fourth-order valence-electron chi connectivity index (χ4n) is 2.07.